The molecule has 0 aromatic rings. The van der Waals surface area contributed by atoms with Crippen LogP contribution >= 0.6 is 60.2 Å². The fourth-order valence-corrected chi connectivity index (χ4v) is 4.42. The van der Waals surface area contributed by atoms with Gasteiger partial charge in [-0.1, -0.05) is 0 Å². The molecule has 120 valence electrons. The first-order valence-corrected chi connectivity index (χ1v) is 11.1. The van der Waals surface area contributed by atoms with Gasteiger partial charge in [0.15, 0.2) is 0 Å². The maximum Gasteiger partial charge on any atom is 0.673 e. The fraction of sp³-hybridized carbons (Fsp3) is 1.00. The lowest BCUT2D eigenvalue weighted by Gasteiger charge is -2.28. The summed E-state index contributed by atoms with van der Waals surface area (Å²) in [6.45, 7) is 0. The molecule has 0 saturated carbocycles. The molecule has 14 heteroatoms. The molecule has 0 aromatic carbocycles. The van der Waals surface area contributed by atoms with Gasteiger partial charge in [0, 0.05) is 69.1 Å². The van der Waals surface area contributed by atoms with Crippen molar-refractivity contribution < 1.29 is 33.0 Å². The average molecular weight is 395 g/mol. The van der Waals surface area contributed by atoms with E-state index in [2.05, 4.69) is 21.8 Å². The van der Waals surface area contributed by atoms with Gasteiger partial charge < -0.3 is 18.4 Å². The van der Waals surface area contributed by atoms with E-state index in [9.17, 15) is 0 Å². The molecule has 0 heterocycles. The van der Waals surface area contributed by atoms with Crippen LogP contribution in [0.15, 0.2) is 0 Å². The quantitative estimate of drug-likeness (QED) is 0.304. The molecule has 0 aliphatic rings. The maximum absolute atomic E-state index is 8.38. The summed E-state index contributed by atoms with van der Waals surface area (Å²) in [5.74, 6) is 0. The molecular weight excluding hydrogens is 376 g/mol. The highest BCUT2D eigenvalue weighted by molar-refractivity contribution is 8.32. The van der Waals surface area contributed by atoms with E-state index in [1.165, 1.54) is 14.2 Å². The zero-order valence-electron chi connectivity index (χ0n) is 10.9. The number of hydrogen-bond donors (Lipinski definition) is 3. The molecule has 2 N–H and O–H groups in total. The largest absolute Gasteiger partial charge is 0.673 e. The third kappa shape index (κ3) is 11.9. The normalized spacial score (nSPS) is 12.8. The molecule has 0 aromatic heterocycles. The standard InChI is InChI=1S/C3H10O4S5.C2H8O4Si/c1-9-5-12(4-8,6-10-2)7-11-3;1-5-7(3,4)6-2/h8H,1-3H3;3-4H,1-2H3. The molecular formula is C5H18O8S5Si. The van der Waals surface area contributed by atoms with Crippen molar-refractivity contribution in [3.05, 3.63) is 0 Å². The summed E-state index contributed by atoms with van der Waals surface area (Å²) in [4.78, 5) is 16.8. The van der Waals surface area contributed by atoms with Crippen LogP contribution < -0.4 is 0 Å². The Hall–Kier alpha value is 1.65. The molecule has 0 bridgehead atoms. The Morgan fingerprint density at radius 2 is 1.21 bits per heavy atom. The van der Waals surface area contributed by atoms with Gasteiger partial charge in [0.2, 0.25) is 0 Å². The van der Waals surface area contributed by atoms with E-state index in [1.54, 1.807) is 18.8 Å². The molecule has 0 aliphatic carbocycles. The predicted octanol–water partition coefficient (Wildman–Crippen LogP) is 1.90. The van der Waals surface area contributed by atoms with Gasteiger partial charge in [0.1, 0.15) is 0 Å². The summed E-state index contributed by atoms with van der Waals surface area (Å²) in [6.07, 6.45) is 5.21. The van der Waals surface area contributed by atoms with Gasteiger partial charge in [-0.2, -0.15) is 10.9 Å². The van der Waals surface area contributed by atoms with E-state index in [0.717, 1.165) is 36.1 Å². The van der Waals surface area contributed by atoms with Gasteiger partial charge in [0.05, 0.1) is 0 Å². The van der Waals surface area contributed by atoms with Crippen LogP contribution in [0.3, 0.4) is 0 Å². The van der Waals surface area contributed by atoms with Crippen LogP contribution in [0, 0.1) is 0 Å². The maximum atomic E-state index is 8.38. The fourth-order valence-electron chi connectivity index (χ4n) is 0.405. The molecule has 0 spiro atoms. The van der Waals surface area contributed by atoms with Crippen LogP contribution in [0.2, 0.25) is 0 Å². The van der Waals surface area contributed by atoms with Gasteiger partial charge in [-0.05, 0) is 12.9 Å². The molecule has 19 heavy (non-hydrogen) atoms. The SMILES string of the molecule is CO[Si](O)(O)OC.CSOS(OS)(OSC)OSC. The summed E-state index contributed by atoms with van der Waals surface area (Å²) in [5, 5.41) is 0. The number of thiol groups is 1. The van der Waals surface area contributed by atoms with Crippen LogP contribution in [-0.4, -0.2) is 51.6 Å². The predicted molar refractivity (Wildman–Crippen MR) is 85.7 cm³/mol. The smallest absolute Gasteiger partial charge is 0.367 e. The van der Waals surface area contributed by atoms with Crippen LogP contribution in [0.25, 0.3) is 0 Å². The Morgan fingerprint density at radius 3 is 1.32 bits per heavy atom. The summed E-state index contributed by atoms with van der Waals surface area (Å²) in [6, 6.07) is 0. The lowest BCUT2D eigenvalue weighted by atomic mass is 11.8. The molecule has 0 rings (SSSR count). The second-order valence-electron chi connectivity index (χ2n) is 2.14. The highest BCUT2D eigenvalue weighted by atomic mass is 32.4. The second-order valence-corrected chi connectivity index (χ2v) is 8.10. The molecule has 0 amide bonds. The molecule has 0 unspecified atom stereocenters. The van der Waals surface area contributed by atoms with Gasteiger partial charge in [-0.3, -0.25) is 0 Å². The number of hydrogen-bond acceptors (Lipinski definition) is 12. The Labute approximate surface area is 135 Å². The number of rotatable bonds is 9. The first kappa shape index (κ1) is 22.9. The van der Waals surface area contributed by atoms with Gasteiger partial charge in [-0.25, -0.2) is 3.63 Å². The molecule has 0 atom stereocenters. The first-order valence-electron chi connectivity index (χ1n) is 4.25. The van der Waals surface area contributed by atoms with Crippen molar-refractivity contribution in [2.24, 2.45) is 0 Å². The summed E-state index contributed by atoms with van der Waals surface area (Å²) >= 11 is 4.49. The molecule has 0 saturated heterocycles. The van der Waals surface area contributed by atoms with Gasteiger partial charge in [0.25, 0.3) is 11.2 Å². The zero-order chi connectivity index (χ0) is 15.4. The van der Waals surface area contributed by atoms with Crippen molar-refractivity contribution in [2.75, 3.05) is 33.0 Å². The molecule has 0 radical (unpaired) electrons. The van der Waals surface area contributed by atoms with Crippen molar-refractivity contribution in [1.29, 1.82) is 0 Å². The highest BCUT2D eigenvalue weighted by Gasteiger charge is 2.32. The molecule has 8 nitrogen and oxygen atoms in total. The third-order valence-electron chi connectivity index (χ3n) is 1.08. The van der Waals surface area contributed by atoms with E-state index in [-0.39, 0.29) is 0 Å². The van der Waals surface area contributed by atoms with E-state index < -0.39 is 20.2 Å². The minimum atomic E-state index is -3.65. The van der Waals surface area contributed by atoms with Crippen molar-refractivity contribution in [3.63, 3.8) is 0 Å². The minimum absolute atomic E-state index is 1.10. The molecule has 0 fully saturated rings. The van der Waals surface area contributed by atoms with Crippen molar-refractivity contribution in [3.8, 4) is 0 Å². The van der Waals surface area contributed by atoms with Crippen LogP contribution in [0.4, 0.5) is 0 Å². The lowest BCUT2D eigenvalue weighted by molar-refractivity contribution is 0.0634. The van der Waals surface area contributed by atoms with Crippen LogP contribution in [0.5, 0.6) is 0 Å². The van der Waals surface area contributed by atoms with Crippen LogP contribution in [-0.2, 0) is 23.4 Å². The average Bonchev–Trinajstić information content (AvgIpc) is 2.40. The minimum Gasteiger partial charge on any atom is -0.367 e. The van der Waals surface area contributed by atoms with E-state index in [4.69, 9.17) is 24.1 Å². The van der Waals surface area contributed by atoms with E-state index >= 15 is 0 Å². The lowest BCUT2D eigenvalue weighted by Crippen LogP contribution is -2.40. The highest BCUT2D eigenvalue weighted by Crippen LogP contribution is 2.60. The second kappa shape index (κ2) is 13.3. The van der Waals surface area contributed by atoms with Crippen molar-refractivity contribution >= 4 is 69.2 Å². The van der Waals surface area contributed by atoms with Gasteiger partial charge >= 0.3 is 9.05 Å². The van der Waals surface area contributed by atoms with Crippen LogP contribution in [0.1, 0.15) is 0 Å². The first-order chi connectivity index (χ1) is 8.86. The molecule has 0 aliphatic heterocycles. The Bertz CT molecular complexity index is 189. The third-order valence-corrected chi connectivity index (χ3v) is 6.50. The summed E-state index contributed by atoms with van der Waals surface area (Å²) in [7, 11) is -1.30. The van der Waals surface area contributed by atoms with Gasteiger partial charge in [-0.15, -0.1) is 0 Å². The summed E-state index contributed by atoms with van der Waals surface area (Å²) < 4.78 is 28.2. The zero-order valence-corrected chi connectivity index (χ0v) is 16.1. The Morgan fingerprint density at radius 1 is 0.895 bits per heavy atom. The van der Waals surface area contributed by atoms with E-state index in [1.807, 2.05) is 0 Å². The van der Waals surface area contributed by atoms with Crippen molar-refractivity contribution in [2.45, 2.75) is 0 Å². The van der Waals surface area contributed by atoms with Crippen molar-refractivity contribution in [1.82, 2.24) is 0 Å². The topological polar surface area (TPSA) is 95.8 Å². The summed E-state index contributed by atoms with van der Waals surface area (Å²) in [5.41, 5.74) is 0. The monoisotopic (exact) mass is 394 g/mol. The Balaban J connectivity index is 0. The Kier molecular flexibility index (Phi) is 16.1. The van der Waals surface area contributed by atoms with E-state index in [0.29, 0.717) is 0 Å².